The highest BCUT2D eigenvalue weighted by molar-refractivity contribution is 5.27. The highest BCUT2D eigenvalue weighted by atomic mass is 19.1. The first-order valence-electron chi connectivity index (χ1n) is 5.62. The predicted octanol–water partition coefficient (Wildman–Crippen LogP) is 2.88. The predicted molar refractivity (Wildman–Crippen MR) is 65.2 cm³/mol. The zero-order chi connectivity index (χ0) is 12.3. The molecule has 0 fully saturated rings. The number of rotatable bonds is 4. The molecule has 0 aliphatic carbocycles. The van der Waals surface area contributed by atoms with Crippen LogP contribution < -0.4 is 5.73 Å². The Labute approximate surface area is 100 Å². The Morgan fingerprint density at radius 1 is 1.29 bits per heavy atom. The Morgan fingerprint density at radius 2 is 2.12 bits per heavy atom. The number of hydrogen-bond acceptors (Lipinski definition) is 2. The third-order valence-electron chi connectivity index (χ3n) is 3.12. The van der Waals surface area contributed by atoms with Gasteiger partial charge in [0.05, 0.1) is 6.26 Å². The Morgan fingerprint density at radius 3 is 2.71 bits per heavy atom. The molecule has 0 saturated carbocycles. The molecule has 0 spiro atoms. The normalized spacial score (nSPS) is 14.5. The quantitative estimate of drug-likeness (QED) is 0.882. The van der Waals surface area contributed by atoms with Crippen LogP contribution in [0.1, 0.15) is 18.2 Å². The van der Waals surface area contributed by atoms with Crippen LogP contribution in [0.15, 0.2) is 47.1 Å². The van der Waals surface area contributed by atoms with E-state index in [0.29, 0.717) is 13.0 Å². The summed E-state index contributed by atoms with van der Waals surface area (Å²) < 4.78 is 18.6. The Bertz CT molecular complexity index is 481. The van der Waals surface area contributed by atoms with Crippen LogP contribution in [0.2, 0.25) is 0 Å². The van der Waals surface area contributed by atoms with E-state index in [1.807, 2.05) is 25.1 Å². The molecule has 0 bridgehead atoms. The van der Waals surface area contributed by atoms with Gasteiger partial charge in [0, 0.05) is 18.4 Å². The molecule has 3 heteroatoms. The van der Waals surface area contributed by atoms with Crippen molar-refractivity contribution in [2.75, 3.05) is 6.54 Å². The summed E-state index contributed by atoms with van der Waals surface area (Å²) in [6.45, 7) is 2.46. The number of nitrogens with two attached hydrogens (primary N) is 1. The fourth-order valence-electron chi connectivity index (χ4n) is 1.95. The van der Waals surface area contributed by atoms with Crippen molar-refractivity contribution in [1.29, 1.82) is 0 Å². The minimum absolute atomic E-state index is 0.235. The molecule has 1 aromatic carbocycles. The molecule has 2 rings (SSSR count). The van der Waals surface area contributed by atoms with Crippen molar-refractivity contribution >= 4 is 0 Å². The van der Waals surface area contributed by atoms with Crippen LogP contribution in [0.4, 0.5) is 4.39 Å². The van der Waals surface area contributed by atoms with Gasteiger partial charge in [-0.1, -0.05) is 19.1 Å². The third-order valence-corrected chi connectivity index (χ3v) is 3.12. The van der Waals surface area contributed by atoms with Crippen molar-refractivity contribution in [3.63, 3.8) is 0 Å². The van der Waals surface area contributed by atoms with E-state index in [1.165, 1.54) is 12.1 Å². The summed E-state index contributed by atoms with van der Waals surface area (Å²) in [5.74, 6) is 0.629. The minimum atomic E-state index is -0.306. The molecule has 1 unspecified atom stereocenters. The summed E-state index contributed by atoms with van der Waals surface area (Å²) in [4.78, 5) is 0. The maximum absolute atomic E-state index is 13.2. The van der Waals surface area contributed by atoms with Gasteiger partial charge in [0.1, 0.15) is 11.6 Å². The van der Waals surface area contributed by atoms with Crippen molar-refractivity contribution in [2.24, 2.45) is 5.73 Å². The molecular weight excluding hydrogens is 217 g/mol. The molecule has 90 valence electrons. The van der Waals surface area contributed by atoms with Crippen LogP contribution in [0, 0.1) is 5.82 Å². The molecule has 1 atom stereocenters. The van der Waals surface area contributed by atoms with E-state index < -0.39 is 0 Å². The van der Waals surface area contributed by atoms with Gasteiger partial charge in [-0.05, 0) is 29.8 Å². The molecule has 0 saturated heterocycles. The van der Waals surface area contributed by atoms with E-state index in [9.17, 15) is 4.39 Å². The number of hydrogen-bond donors (Lipinski definition) is 1. The maximum Gasteiger partial charge on any atom is 0.123 e. The third kappa shape index (κ3) is 2.56. The van der Waals surface area contributed by atoms with Gasteiger partial charge < -0.3 is 10.2 Å². The van der Waals surface area contributed by atoms with E-state index in [0.717, 1.165) is 11.3 Å². The molecule has 0 aliphatic heterocycles. The van der Waals surface area contributed by atoms with E-state index in [1.54, 1.807) is 12.3 Å². The first kappa shape index (κ1) is 11.9. The summed E-state index contributed by atoms with van der Waals surface area (Å²) >= 11 is 0. The maximum atomic E-state index is 13.2. The Hall–Kier alpha value is -1.61. The van der Waals surface area contributed by atoms with Gasteiger partial charge in [-0.15, -0.1) is 0 Å². The summed E-state index contributed by atoms with van der Waals surface area (Å²) in [6, 6.07) is 10.3. The standard InChI is InChI=1S/C14H16FNO/c1-14(10-16,9-13-6-3-7-17-13)11-4-2-5-12(15)8-11/h2-8H,9-10,16H2,1H3. The van der Waals surface area contributed by atoms with E-state index in [4.69, 9.17) is 10.2 Å². The molecule has 2 N–H and O–H groups in total. The molecule has 1 heterocycles. The second kappa shape index (κ2) is 4.72. The van der Waals surface area contributed by atoms with Gasteiger partial charge in [-0.25, -0.2) is 4.39 Å². The SMILES string of the molecule is CC(CN)(Cc1ccco1)c1cccc(F)c1. The van der Waals surface area contributed by atoms with Crippen molar-refractivity contribution in [2.45, 2.75) is 18.8 Å². The topological polar surface area (TPSA) is 39.2 Å². The first-order chi connectivity index (χ1) is 8.14. The lowest BCUT2D eigenvalue weighted by Gasteiger charge is -2.27. The van der Waals surface area contributed by atoms with Gasteiger partial charge in [0.2, 0.25) is 0 Å². The molecule has 0 radical (unpaired) electrons. The van der Waals surface area contributed by atoms with E-state index in [-0.39, 0.29) is 11.2 Å². The Balaban J connectivity index is 2.30. The van der Waals surface area contributed by atoms with Crippen LogP contribution in [0.25, 0.3) is 0 Å². The largest absolute Gasteiger partial charge is 0.469 e. The second-order valence-corrected chi connectivity index (χ2v) is 4.53. The van der Waals surface area contributed by atoms with Crippen molar-refractivity contribution in [3.05, 3.63) is 59.8 Å². The molecule has 2 aromatic rings. The molecule has 17 heavy (non-hydrogen) atoms. The monoisotopic (exact) mass is 233 g/mol. The van der Waals surface area contributed by atoms with Gasteiger partial charge in [0.25, 0.3) is 0 Å². The lowest BCUT2D eigenvalue weighted by molar-refractivity contribution is 0.410. The van der Waals surface area contributed by atoms with Crippen molar-refractivity contribution in [1.82, 2.24) is 0 Å². The zero-order valence-electron chi connectivity index (χ0n) is 9.82. The van der Waals surface area contributed by atoms with Gasteiger partial charge >= 0.3 is 0 Å². The molecule has 0 amide bonds. The Kier molecular flexibility index (Phi) is 3.29. The fourth-order valence-corrected chi connectivity index (χ4v) is 1.95. The van der Waals surface area contributed by atoms with Crippen LogP contribution in [0.3, 0.4) is 0 Å². The number of furan rings is 1. The average Bonchev–Trinajstić information content (AvgIpc) is 2.81. The highest BCUT2D eigenvalue weighted by Gasteiger charge is 2.26. The minimum Gasteiger partial charge on any atom is -0.469 e. The second-order valence-electron chi connectivity index (χ2n) is 4.53. The van der Waals surface area contributed by atoms with Gasteiger partial charge in [-0.2, -0.15) is 0 Å². The number of halogens is 1. The fraction of sp³-hybridized carbons (Fsp3) is 0.286. The molecule has 2 nitrogen and oxygen atoms in total. The molecular formula is C14H16FNO. The van der Waals surface area contributed by atoms with Crippen molar-refractivity contribution in [3.8, 4) is 0 Å². The molecule has 0 aliphatic rings. The highest BCUT2D eigenvalue weighted by Crippen LogP contribution is 2.27. The average molecular weight is 233 g/mol. The first-order valence-corrected chi connectivity index (χ1v) is 5.62. The van der Waals surface area contributed by atoms with Crippen molar-refractivity contribution < 1.29 is 8.81 Å². The van der Waals surface area contributed by atoms with E-state index in [2.05, 4.69) is 0 Å². The zero-order valence-corrected chi connectivity index (χ0v) is 9.82. The van der Waals surface area contributed by atoms with Gasteiger partial charge in [-0.3, -0.25) is 0 Å². The summed E-state index contributed by atoms with van der Waals surface area (Å²) in [5.41, 5.74) is 6.44. The summed E-state index contributed by atoms with van der Waals surface area (Å²) in [5, 5.41) is 0. The lowest BCUT2D eigenvalue weighted by Crippen LogP contribution is -2.34. The molecule has 1 aromatic heterocycles. The summed E-state index contributed by atoms with van der Waals surface area (Å²) in [7, 11) is 0. The van der Waals surface area contributed by atoms with Crippen LogP contribution in [-0.2, 0) is 11.8 Å². The lowest BCUT2D eigenvalue weighted by atomic mass is 9.79. The number of benzene rings is 1. The van der Waals surface area contributed by atoms with Crippen LogP contribution >= 0.6 is 0 Å². The van der Waals surface area contributed by atoms with Crippen LogP contribution in [-0.4, -0.2) is 6.54 Å². The summed E-state index contributed by atoms with van der Waals surface area (Å²) in [6.07, 6.45) is 2.30. The van der Waals surface area contributed by atoms with Gasteiger partial charge in [0.15, 0.2) is 0 Å². The van der Waals surface area contributed by atoms with E-state index >= 15 is 0 Å². The van der Waals surface area contributed by atoms with Crippen LogP contribution in [0.5, 0.6) is 0 Å². The smallest absolute Gasteiger partial charge is 0.123 e.